The molecule has 0 bridgehead atoms. The number of phosphoric acid groups is 3. The van der Waals surface area contributed by atoms with Crippen molar-refractivity contribution in [2.75, 3.05) is 12.3 Å². The summed E-state index contributed by atoms with van der Waals surface area (Å²) in [5.41, 5.74) is 6.21. The van der Waals surface area contributed by atoms with E-state index >= 15 is 0 Å². The highest BCUT2D eigenvalue weighted by Gasteiger charge is 2.46. The van der Waals surface area contributed by atoms with E-state index in [2.05, 4.69) is 28.1 Å². The Bertz CT molecular complexity index is 1110. The zero-order valence-corrected chi connectivity index (χ0v) is 18.4. The van der Waals surface area contributed by atoms with Crippen molar-refractivity contribution in [3.8, 4) is 0 Å². The number of hydrogen-bond acceptors (Lipinski definition) is 13. The Labute approximate surface area is 176 Å². The fraction of sp³-hybridized carbons (Fsp3) is 0.500. The minimum absolute atomic E-state index is 0.0889. The van der Waals surface area contributed by atoms with Crippen molar-refractivity contribution in [3.05, 3.63) is 12.7 Å². The van der Waals surface area contributed by atoms with E-state index in [1.165, 1.54) is 17.2 Å². The lowest BCUT2D eigenvalue weighted by atomic mass is 10.1. The first kappa shape index (κ1) is 24.7. The first-order valence-corrected chi connectivity index (χ1v) is 13.4. The molecule has 0 radical (unpaired) electrons. The maximum Gasteiger partial charge on any atom is 0.490 e. The SMILES string of the molecule is Nc1ncnc2c1ncn2C1SC(COP(=O)(O)OP(=O)(O)OP(=O)(O)O)C(O)C1O. The number of nitrogen functional groups attached to an aromatic ring is 1. The highest BCUT2D eigenvalue weighted by atomic mass is 32.2. The number of nitrogens with zero attached hydrogens (tertiary/aromatic N) is 4. The predicted octanol–water partition coefficient (Wildman–Crippen LogP) is -0.912. The Hall–Kier alpha value is -0.970. The van der Waals surface area contributed by atoms with Crippen molar-refractivity contribution >= 4 is 52.2 Å². The smallest absolute Gasteiger partial charge is 0.389 e. The highest BCUT2D eigenvalue weighted by Crippen LogP contribution is 2.66. The van der Waals surface area contributed by atoms with Gasteiger partial charge in [-0.3, -0.25) is 9.09 Å². The minimum atomic E-state index is -5.67. The van der Waals surface area contributed by atoms with E-state index in [9.17, 15) is 28.8 Å². The summed E-state index contributed by atoms with van der Waals surface area (Å²) in [6, 6.07) is 0. The van der Waals surface area contributed by atoms with Gasteiger partial charge in [-0.05, 0) is 0 Å². The molecule has 2 aromatic heterocycles. The Morgan fingerprint density at radius 2 is 1.71 bits per heavy atom. The summed E-state index contributed by atoms with van der Waals surface area (Å²) >= 11 is 0.896. The van der Waals surface area contributed by atoms with E-state index in [-0.39, 0.29) is 17.0 Å². The van der Waals surface area contributed by atoms with Crippen LogP contribution in [0, 0.1) is 0 Å². The van der Waals surface area contributed by atoms with Gasteiger partial charge < -0.3 is 35.5 Å². The minimum Gasteiger partial charge on any atom is -0.389 e. The number of fused-ring (bicyclic) bond motifs is 1. The van der Waals surface area contributed by atoms with E-state index in [0.717, 1.165) is 11.8 Å². The number of anilines is 1. The van der Waals surface area contributed by atoms with Crippen LogP contribution in [-0.2, 0) is 26.8 Å². The van der Waals surface area contributed by atoms with Crippen LogP contribution < -0.4 is 5.73 Å². The monoisotopic (exact) mass is 523 g/mol. The Morgan fingerprint density at radius 3 is 2.35 bits per heavy atom. The second kappa shape index (κ2) is 8.76. The molecule has 3 heterocycles. The molecule has 1 fully saturated rings. The molecule has 21 heteroatoms. The summed E-state index contributed by atoms with van der Waals surface area (Å²) in [6.45, 7) is -0.771. The summed E-state index contributed by atoms with van der Waals surface area (Å²) in [5.74, 6) is 0.0889. The lowest BCUT2D eigenvalue weighted by molar-refractivity contribution is 0.0111. The van der Waals surface area contributed by atoms with E-state index in [0.29, 0.717) is 0 Å². The van der Waals surface area contributed by atoms with Gasteiger partial charge in [0.15, 0.2) is 11.5 Å². The van der Waals surface area contributed by atoms with Crippen LogP contribution in [0.5, 0.6) is 0 Å². The van der Waals surface area contributed by atoms with Crippen LogP contribution in [0.2, 0.25) is 0 Å². The topological polar surface area (TPSA) is 270 Å². The average molecular weight is 523 g/mol. The normalized spacial score (nSPS) is 28.5. The highest BCUT2D eigenvalue weighted by molar-refractivity contribution is 8.00. The van der Waals surface area contributed by atoms with Gasteiger partial charge in [-0.15, -0.1) is 11.8 Å². The molecule has 0 aromatic carbocycles. The fourth-order valence-corrected chi connectivity index (χ4v) is 7.20. The second-order valence-corrected chi connectivity index (χ2v) is 11.8. The van der Waals surface area contributed by atoms with Gasteiger partial charge in [0.2, 0.25) is 0 Å². The van der Waals surface area contributed by atoms with Crippen LogP contribution >= 0.6 is 35.2 Å². The summed E-state index contributed by atoms with van der Waals surface area (Å²) in [6.07, 6.45) is -0.425. The zero-order valence-electron chi connectivity index (χ0n) is 14.9. The largest absolute Gasteiger partial charge is 0.490 e. The summed E-state index contributed by atoms with van der Waals surface area (Å²) in [7, 11) is -16.6. The maximum atomic E-state index is 11.8. The van der Waals surface area contributed by atoms with Crippen molar-refractivity contribution in [3.63, 3.8) is 0 Å². The van der Waals surface area contributed by atoms with Crippen LogP contribution in [0.25, 0.3) is 11.2 Å². The molecule has 1 aliphatic rings. The zero-order chi connectivity index (χ0) is 23.2. The van der Waals surface area contributed by atoms with E-state index < -0.39 is 52.9 Å². The van der Waals surface area contributed by atoms with Gasteiger partial charge in [-0.25, -0.2) is 28.6 Å². The third kappa shape index (κ3) is 5.89. The number of imidazole rings is 1. The molecule has 0 saturated carbocycles. The van der Waals surface area contributed by atoms with Crippen molar-refractivity contribution in [1.82, 2.24) is 19.5 Å². The summed E-state index contributed by atoms with van der Waals surface area (Å²) in [5, 5.41) is 18.7. The molecule has 174 valence electrons. The van der Waals surface area contributed by atoms with E-state index in [4.69, 9.17) is 20.4 Å². The van der Waals surface area contributed by atoms with Crippen LogP contribution in [0.1, 0.15) is 5.37 Å². The number of aliphatic hydroxyl groups excluding tert-OH is 2. The number of nitrogens with two attached hydrogens (primary N) is 1. The van der Waals surface area contributed by atoms with Gasteiger partial charge in [-0.1, -0.05) is 0 Å². The molecule has 17 nitrogen and oxygen atoms in total. The number of aromatic nitrogens is 4. The van der Waals surface area contributed by atoms with Gasteiger partial charge in [0.1, 0.15) is 23.3 Å². The van der Waals surface area contributed by atoms with Gasteiger partial charge in [0.25, 0.3) is 0 Å². The van der Waals surface area contributed by atoms with E-state index in [1.807, 2.05) is 0 Å². The molecule has 0 amide bonds. The van der Waals surface area contributed by atoms with Crippen molar-refractivity contribution < 1.29 is 56.6 Å². The van der Waals surface area contributed by atoms with Crippen LogP contribution in [0.15, 0.2) is 12.7 Å². The van der Waals surface area contributed by atoms with Crippen LogP contribution in [0.4, 0.5) is 5.82 Å². The van der Waals surface area contributed by atoms with Crippen molar-refractivity contribution in [2.45, 2.75) is 22.8 Å². The third-order valence-corrected chi connectivity index (χ3v) is 9.17. The molecule has 0 spiro atoms. The average Bonchev–Trinajstić information content (AvgIpc) is 3.13. The molecule has 2 aromatic rings. The Balaban J connectivity index is 1.69. The van der Waals surface area contributed by atoms with Gasteiger partial charge in [0, 0.05) is 0 Å². The molecule has 0 aliphatic carbocycles. The molecular weight excluding hydrogens is 507 g/mol. The molecule has 6 unspecified atom stereocenters. The van der Waals surface area contributed by atoms with E-state index in [1.54, 1.807) is 0 Å². The van der Waals surface area contributed by atoms with Crippen molar-refractivity contribution in [1.29, 1.82) is 0 Å². The molecule has 1 aliphatic heterocycles. The number of hydrogen-bond donors (Lipinski definition) is 7. The number of thioether (sulfide) groups is 1. The molecular formula is C10H16N5O12P3S. The molecule has 1 saturated heterocycles. The molecule has 6 atom stereocenters. The number of rotatable bonds is 8. The van der Waals surface area contributed by atoms with Gasteiger partial charge in [-0.2, -0.15) is 8.62 Å². The molecule has 8 N–H and O–H groups in total. The predicted molar refractivity (Wildman–Crippen MR) is 102 cm³/mol. The third-order valence-electron chi connectivity index (χ3n) is 3.82. The van der Waals surface area contributed by atoms with Gasteiger partial charge >= 0.3 is 23.5 Å². The first-order valence-electron chi connectivity index (χ1n) is 7.92. The Morgan fingerprint density at radius 1 is 1.03 bits per heavy atom. The van der Waals surface area contributed by atoms with Crippen LogP contribution in [-0.4, -0.2) is 73.4 Å². The molecule has 31 heavy (non-hydrogen) atoms. The summed E-state index contributed by atoms with van der Waals surface area (Å²) < 4.78 is 46.9. The maximum absolute atomic E-state index is 11.8. The summed E-state index contributed by atoms with van der Waals surface area (Å²) in [4.78, 5) is 47.5. The first-order chi connectivity index (χ1) is 14.2. The Kier molecular flexibility index (Phi) is 6.97. The number of aliphatic hydroxyl groups is 2. The fourth-order valence-electron chi connectivity index (χ4n) is 2.62. The second-order valence-electron chi connectivity index (χ2n) is 6.02. The standard InChI is InChI=1S/C10H16N5O12P3S/c11-8-5-9(13-2-12-8)15(3-14-5)10-7(17)6(16)4(31-10)1-25-29(21,22)27-30(23,24)26-28(18,19)20/h2-4,6-7,10,16-17H,1H2,(H,21,22)(H,23,24)(H2,11,12,13)(H2,18,19,20). The lowest BCUT2D eigenvalue weighted by Gasteiger charge is -2.19. The number of phosphoric ester groups is 1. The van der Waals surface area contributed by atoms with Gasteiger partial charge in [0.05, 0.1) is 24.3 Å². The quantitative estimate of drug-likeness (QED) is 0.206. The van der Waals surface area contributed by atoms with Crippen LogP contribution in [0.3, 0.4) is 0 Å². The van der Waals surface area contributed by atoms with Crippen molar-refractivity contribution in [2.24, 2.45) is 0 Å². The lowest BCUT2D eigenvalue weighted by Crippen LogP contribution is -2.33. The molecule has 3 rings (SSSR count).